The van der Waals surface area contributed by atoms with Crippen molar-refractivity contribution in [2.24, 2.45) is 0 Å². The molecule has 1 N–H and O–H groups in total. The van der Waals surface area contributed by atoms with Crippen molar-refractivity contribution in [2.75, 3.05) is 0 Å². The lowest BCUT2D eigenvalue weighted by molar-refractivity contribution is -0.137. The summed E-state index contributed by atoms with van der Waals surface area (Å²) in [5.74, 6) is 0. The van der Waals surface area contributed by atoms with Crippen LogP contribution in [-0.4, -0.2) is 9.97 Å². The average Bonchev–Trinajstić information content (AvgIpc) is 2.88. The molecule has 4 aromatic rings. The van der Waals surface area contributed by atoms with Crippen LogP contribution in [-0.2, 0) is 6.18 Å². The molecular formula is C20H15F3N2. The Hall–Kier alpha value is -2.82. The Morgan fingerprint density at radius 2 is 1.72 bits per heavy atom. The summed E-state index contributed by atoms with van der Waals surface area (Å²) in [4.78, 5) is 7.50. The maximum absolute atomic E-state index is 13.0. The van der Waals surface area contributed by atoms with Gasteiger partial charge in [-0.1, -0.05) is 17.7 Å². The second-order valence-corrected chi connectivity index (χ2v) is 6.26. The summed E-state index contributed by atoms with van der Waals surface area (Å²) in [6, 6.07) is 11.7. The molecule has 0 fully saturated rings. The molecule has 2 aromatic carbocycles. The van der Waals surface area contributed by atoms with Crippen LogP contribution in [0.5, 0.6) is 0 Å². The van der Waals surface area contributed by atoms with E-state index in [0.29, 0.717) is 10.9 Å². The summed E-state index contributed by atoms with van der Waals surface area (Å²) < 4.78 is 38.9. The summed E-state index contributed by atoms with van der Waals surface area (Å²) in [6.45, 7) is 3.99. The molecule has 25 heavy (non-hydrogen) atoms. The van der Waals surface area contributed by atoms with E-state index in [2.05, 4.69) is 16.0 Å². The molecule has 0 saturated heterocycles. The minimum absolute atomic E-state index is 0.341. The van der Waals surface area contributed by atoms with Crippen molar-refractivity contribution in [2.45, 2.75) is 20.0 Å². The standard InChI is InChI=1S/C20H15F3N2/c1-11-3-6-17-16(9-11)19(12(2)25-17)15-7-8-24-18-10-13(20(21,22)23)4-5-14(15)18/h3-10,25H,1-2H3. The highest BCUT2D eigenvalue weighted by Crippen LogP contribution is 2.38. The van der Waals surface area contributed by atoms with E-state index in [1.54, 1.807) is 6.20 Å². The van der Waals surface area contributed by atoms with Gasteiger partial charge in [0, 0.05) is 33.7 Å². The van der Waals surface area contributed by atoms with E-state index in [1.165, 1.54) is 6.07 Å². The Kier molecular flexibility index (Phi) is 3.35. The maximum atomic E-state index is 13.0. The molecule has 0 saturated carbocycles. The largest absolute Gasteiger partial charge is 0.416 e. The number of H-pyrrole nitrogens is 1. The second kappa shape index (κ2) is 5.34. The predicted octanol–water partition coefficient (Wildman–Crippen LogP) is 6.02. The van der Waals surface area contributed by atoms with Gasteiger partial charge in [0.25, 0.3) is 0 Å². The fourth-order valence-electron chi connectivity index (χ4n) is 3.33. The molecule has 0 unspecified atom stereocenters. The highest BCUT2D eigenvalue weighted by molar-refractivity contribution is 6.05. The summed E-state index contributed by atoms with van der Waals surface area (Å²) >= 11 is 0. The molecule has 126 valence electrons. The lowest BCUT2D eigenvalue weighted by Crippen LogP contribution is -2.04. The number of pyridine rings is 1. The summed E-state index contributed by atoms with van der Waals surface area (Å²) in [7, 11) is 0. The Bertz CT molecular complexity index is 1110. The molecule has 0 atom stereocenters. The molecule has 2 nitrogen and oxygen atoms in total. The van der Waals surface area contributed by atoms with Gasteiger partial charge in [-0.3, -0.25) is 4.98 Å². The van der Waals surface area contributed by atoms with Crippen molar-refractivity contribution in [3.05, 3.63) is 65.5 Å². The maximum Gasteiger partial charge on any atom is 0.416 e. The minimum Gasteiger partial charge on any atom is -0.358 e. The lowest BCUT2D eigenvalue weighted by Gasteiger charge is -2.10. The molecule has 4 rings (SSSR count). The van der Waals surface area contributed by atoms with E-state index in [4.69, 9.17) is 0 Å². The number of rotatable bonds is 1. The number of nitrogens with zero attached hydrogens (tertiary/aromatic N) is 1. The topological polar surface area (TPSA) is 28.7 Å². The minimum atomic E-state index is -4.38. The van der Waals surface area contributed by atoms with Crippen molar-refractivity contribution < 1.29 is 13.2 Å². The molecule has 0 bridgehead atoms. The van der Waals surface area contributed by atoms with Crippen LogP contribution in [0, 0.1) is 13.8 Å². The smallest absolute Gasteiger partial charge is 0.358 e. The van der Waals surface area contributed by atoms with Crippen molar-refractivity contribution in [3.63, 3.8) is 0 Å². The number of hydrogen-bond donors (Lipinski definition) is 1. The van der Waals surface area contributed by atoms with Gasteiger partial charge in [-0.25, -0.2) is 0 Å². The third kappa shape index (κ3) is 2.56. The number of fused-ring (bicyclic) bond motifs is 2. The van der Waals surface area contributed by atoms with E-state index in [1.807, 2.05) is 32.0 Å². The van der Waals surface area contributed by atoms with Crippen molar-refractivity contribution in [3.8, 4) is 11.1 Å². The average molecular weight is 340 g/mol. The monoisotopic (exact) mass is 340 g/mol. The molecule has 5 heteroatoms. The first kappa shape index (κ1) is 15.7. The van der Waals surface area contributed by atoms with Crippen molar-refractivity contribution in [1.82, 2.24) is 9.97 Å². The normalized spacial score (nSPS) is 12.2. The Morgan fingerprint density at radius 1 is 0.920 bits per heavy atom. The van der Waals surface area contributed by atoms with Gasteiger partial charge in [-0.15, -0.1) is 0 Å². The fraction of sp³-hybridized carbons (Fsp3) is 0.150. The van der Waals surface area contributed by atoms with Gasteiger partial charge in [0.1, 0.15) is 0 Å². The number of benzene rings is 2. The van der Waals surface area contributed by atoms with E-state index in [-0.39, 0.29) is 0 Å². The van der Waals surface area contributed by atoms with Crippen LogP contribution in [0.4, 0.5) is 13.2 Å². The van der Waals surface area contributed by atoms with Gasteiger partial charge < -0.3 is 4.98 Å². The number of aromatic nitrogens is 2. The zero-order valence-corrected chi connectivity index (χ0v) is 13.7. The number of halogens is 3. The van der Waals surface area contributed by atoms with Crippen LogP contribution < -0.4 is 0 Å². The molecule has 2 aromatic heterocycles. The first-order valence-electron chi connectivity index (χ1n) is 7.90. The third-order valence-corrected chi connectivity index (χ3v) is 4.48. The SMILES string of the molecule is Cc1ccc2[nH]c(C)c(-c3ccnc4cc(C(F)(F)F)ccc34)c2c1. The number of nitrogens with one attached hydrogen (secondary N) is 1. The van der Waals surface area contributed by atoms with Gasteiger partial charge in [0.05, 0.1) is 11.1 Å². The van der Waals surface area contributed by atoms with Crippen molar-refractivity contribution in [1.29, 1.82) is 0 Å². The lowest BCUT2D eigenvalue weighted by atomic mass is 9.97. The molecule has 0 amide bonds. The van der Waals surface area contributed by atoms with E-state index in [0.717, 1.165) is 45.4 Å². The van der Waals surface area contributed by atoms with Crippen LogP contribution in [0.1, 0.15) is 16.8 Å². The van der Waals surface area contributed by atoms with Gasteiger partial charge in [0.2, 0.25) is 0 Å². The number of aromatic amines is 1. The van der Waals surface area contributed by atoms with E-state index in [9.17, 15) is 13.2 Å². The number of alkyl halides is 3. The molecule has 0 aliphatic heterocycles. The number of hydrogen-bond acceptors (Lipinski definition) is 1. The van der Waals surface area contributed by atoms with Gasteiger partial charge >= 0.3 is 6.18 Å². The molecule has 0 spiro atoms. The van der Waals surface area contributed by atoms with Gasteiger partial charge in [0.15, 0.2) is 0 Å². The highest BCUT2D eigenvalue weighted by Gasteiger charge is 2.30. The van der Waals surface area contributed by atoms with Crippen LogP contribution in [0.15, 0.2) is 48.7 Å². The van der Waals surface area contributed by atoms with E-state index >= 15 is 0 Å². The van der Waals surface area contributed by atoms with E-state index < -0.39 is 11.7 Å². The Labute approximate surface area is 142 Å². The van der Waals surface area contributed by atoms with Crippen molar-refractivity contribution >= 4 is 21.8 Å². The first-order valence-corrected chi connectivity index (χ1v) is 7.90. The van der Waals surface area contributed by atoms with Crippen LogP contribution in [0.2, 0.25) is 0 Å². The summed E-state index contributed by atoms with van der Waals surface area (Å²) in [5.41, 5.74) is 4.66. The van der Waals surface area contributed by atoms with Crippen LogP contribution in [0.3, 0.4) is 0 Å². The van der Waals surface area contributed by atoms with Gasteiger partial charge in [-0.05, 0) is 49.7 Å². The molecular weight excluding hydrogens is 325 g/mol. The second-order valence-electron chi connectivity index (χ2n) is 6.26. The molecule has 0 radical (unpaired) electrons. The Morgan fingerprint density at radius 3 is 2.48 bits per heavy atom. The summed E-state index contributed by atoms with van der Waals surface area (Å²) in [6.07, 6.45) is -2.81. The predicted molar refractivity (Wildman–Crippen MR) is 93.5 cm³/mol. The zero-order valence-electron chi connectivity index (χ0n) is 13.7. The first-order chi connectivity index (χ1) is 11.8. The quantitative estimate of drug-likeness (QED) is 0.451. The fourth-order valence-corrected chi connectivity index (χ4v) is 3.33. The van der Waals surface area contributed by atoms with Crippen LogP contribution in [0.25, 0.3) is 32.9 Å². The Balaban J connectivity index is 2.02. The molecule has 2 heterocycles. The summed E-state index contributed by atoms with van der Waals surface area (Å²) in [5, 5.41) is 1.77. The van der Waals surface area contributed by atoms with Crippen LogP contribution >= 0.6 is 0 Å². The zero-order chi connectivity index (χ0) is 17.8. The molecule has 0 aliphatic carbocycles. The third-order valence-electron chi connectivity index (χ3n) is 4.48. The number of aryl methyl sites for hydroxylation is 2. The highest BCUT2D eigenvalue weighted by atomic mass is 19.4. The van der Waals surface area contributed by atoms with Gasteiger partial charge in [-0.2, -0.15) is 13.2 Å². The molecule has 0 aliphatic rings.